The molecule has 1 unspecified atom stereocenters. The van der Waals surface area contributed by atoms with E-state index >= 15 is 0 Å². The number of carbonyl (C=O) groups is 4. The molecule has 0 radical (unpaired) electrons. The number of allylic oxidation sites excluding steroid dienone is 3. The van der Waals surface area contributed by atoms with E-state index in [4.69, 9.17) is 10.5 Å². The van der Waals surface area contributed by atoms with E-state index in [1.54, 1.807) is 12.2 Å². The fourth-order valence-electron chi connectivity index (χ4n) is 4.22. The third kappa shape index (κ3) is 3.63. The summed E-state index contributed by atoms with van der Waals surface area (Å²) in [4.78, 5) is 51.0. The second kappa shape index (κ2) is 8.39. The molecular weight excluding hydrogens is 386 g/mol. The summed E-state index contributed by atoms with van der Waals surface area (Å²) in [6, 6.07) is -0.981. The molecule has 0 aromatic rings. The van der Waals surface area contributed by atoms with Crippen molar-refractivity contribution in [2.75, 3.05) is 13.2 Å². The molecule has 2 bridgehead atoms. The normalized spacial score (nSPS) is 23.2. The highest BCUT2D eigenvalue weighted by Crippen LogP contribution is 2.41. The number of hydrogen-bond donors (Lipinski definition) is 2. The van der Waals surface area contributed by atoms with Gasteiger partial charge in [0.2, 0.25) is 11.8 Å². The van der Waals surface area contributed by atoms with E-state index in [0.29, 0.717) is 42.1 Å². The van der Waals surface area contributed by atoms with Crippen molar-refractivity contribution >= 4 is 23.6 Å². The van der Waals surface area contributed by atoms with Gasteiger partial charge in [0, 0.05) is 24.0 Å². The number of rotatable bonds is 8. The molecule has 0 aromatic carbocycles. The van der Waals surface area contributed by atoms with Gasteiger partial charge in [-0.3, -0.25) is 29.4 Å². The van der Waals surface area contributed by atoms with Crippen molar-refractivity contribution in [3.8, 4) is 0 Å². The summed E-state index contributed by atoms with van der Waals surface area (Å²) in [5, 5.41) is 2.22. The van der Waals surface area contributed by atoms with Crippen LogP contribution in [0.5, 0.6) is 0 Å². The minimum atomic E-state index is -0.981. The van der Waals surface area contributed by atoms with E-state index < -0.39 is 29.7 Å². The average molecular weight is 411 g/mol. The second-order valence-electron chi connectivity index (χ2n) is 7.85. The maximum atomic E-state index is 13.2. The number of amides is 4. The van der Waals surface area contributed by atoms with Crippen LogP contribution in [0.1, 0.15) is 44.9 Å². The Bertz CT molecular complexity index is 940. The predicted octanol–water partition coefficient (Wildman–Crippen LogP) is 1.15. The van der Waals surface area contributed by atoms with Crippen LogP contribution in [0, 0.1) is 0 Å². The molecule has 2 aliphatic heterocycles. The summed E-state index contributed by atoms with van der Waals surface area (Å²) < 4.78 is 5.95. The van der Waals surface area contributed by atoms with Crippen molar-refractivity contribution in [1.29, 1.82) is 0 Å². The number of fused-ring (bicyclic) bond motifs is 1. The Kier molecular flexibility index (Phi) is 5.67. The van der Waals surface area contributed by atoms with Crippen molar-refractivity contribution in [3.05, 3.63) is 46.3 Å². The van der Waals surface area contributed by atoms with Crippen LogP contribution in [0.3, 0.4) is 0 Å². The SMILES string of the molecule is NCCCCCCOC1=CC2=C3CC1=CC=C3C(=O)N(C1CCC(=O)NC1=O)C2=O. The Morgan fingerprint density at radius 1 is 1.07 bits per heavy atom. The molecule has 3 N–H and O–H groups in total. The highest BCUT2D eigenvalue weighted by atomic mass is 16.5. The van der Waals surface area contributed by atoms with Crippen molar-refractivity contribution in [2.24, 2.45) is 5.73 Å². The number of ether oxygens (including phenoxy) is 1. The lowest BCUT2D eigenvalue weighted by Crippen LogP contribution is -2.58. The standard InChI is InChI=1S/C22H25N3O5/c23-9-3-1-2-4-10-30-18-12-16-15-11-13(18)5-6-14(15)21(28)25(22(16)29)17-7-8-19(26)24-20(17)27/h5-6,12,17H,1-4,7-11,23H2,(H,24,26,27). The molecule has 8 heteroatoms. The first kappa shape index (κ1) is 20.3. The number of unbranched alkanes of at least 4 members (excludes halogenated alkanes) is 3. The molecule has 1 saturated heterocycles. The van der Waals surface area contributed by atoms with Gasteiger partial charge in [-0.1, -0.05) is 18.9 Å². The van der Waals surface area contributed by atoms with E-state index in [1.165, 1.54) is 0 Å². The maximum Gasteiger partial charge on any atom is 0.261 e. The van der Waals surface area contributed by atoms with Gasteiger partial charge in [0.05, 0.1) is 6.61 Å². The summed E-state index contributed by atoms with van der Waals surface area (Å²) in [7, 11) is 0. The first-order valence-corrected chi connectivity index (χ1v) is 10.4. The fraction of sp³-hybridized carbons (Fsp3) is 0.455. The molecule has 4 aliphatic rings. The third-order valence-electron chi connectivity index (χ3n) is 5.84. The topological polar surface area (TPSA) is 119 Å². The lowest BCUT2D eigenvalue weighted by atomic mass is 9.80. The van der Waals surface area contributed by atoms with Gasteiger partial charge in [0.25, 0.3) is 11.8 Å². The number of nitrogens with two attached hydrogens (primary N) is 1. The highest BCUT2D eigenvalue weighted by Gasteiger charge is 2.46. The Labute approximate surface area is 174 Å². The van der Waals surface area contributed by atoms with Crippen LogP contribution in [0.2, 0.25) is 0 Å². The summed E-state index contributed by atoms with van der Waals surface area (Å²) in [6.07, 6.45) is 9.88. The maximum absolute atomic E-state index is 13.2. The van der Waals surface area contributed by atoms with Crippen LogP contribution >= 0.6 is 0 Å². The van der Waals surface area contributed by atoms with E-state index in [-0.39, 0.29) is 12.8 Å². The molecule has 2 heterocycles. The zero-order valence-electron chi connectivity index (χ0n) is 16.7. The molecule has 2 aliphatic carbocycles. The fourth-order valence-corrected chi connectivity index (χ4v) is 4.22. The zero-order valence-corrected chi connectivity index (χ0v) is 16.7. The number of piperidine rings is 1. The number of nitrogens with one attached hydrogen (secondary N) is 1. The predicted molar refractivity (Wildman–Crippen MR) is 107 cm³/mol. The van der Waals surface area contributed by atoms with Gasteiger partial charge in [-0.05, 0) is 49.1 Å². The van der Waals surface area contributed by atoms with Gasteiger partial charge >= 0.3 is 0 Å². The molecular formula is C22H25N3O5. The van der Waals surface area contributed by atoms with Gasteiger partial charge in [-0.2, -0.15) is 0 Å². The van der Waals surface area contributed by atoms with Gasteiger partial charge in [0.15, 0.2) is 0 Å². The summed E-state index contributed by atoms with van der Waals surface area (Å²) in [5.41, 5.74) is 7.94. The smallest absolute Gasteiger partial charge is 0.261 e. The van der Waals surface area contributed by atoms with Crippen LogP contribution in [-0.2, 0) is 23.9 Å². The average Bonchev–Trinajstić information content (AvgIpc) is 2.73. The summed E-state index contributed by atoms with van der Waals surface area (Å²) in [6.45, 7) is 1.23. The quantitative estimate of drug-likeness (QED) is 0.457. The van der Waals surface area contributed by atoms with Gasteiger partial charge in [-0.25, -0.2) is 0 Å². The zero-order chi connectivity index (χ0) is 21.3. The summed E-state index contributed by atoms with van der Waals surface area (Å²) >= 11 is 0. The van der Waals surface area contributed by atoms with Crippen LogP contribution in [0.4, 0.5) is 0 Å². The molecule has 0 spiro atoms. The first-order valence-electron chi connectivity index (χ1n) is 10.4. The third-order valence-corrected chi connectivity index (χ3v) is 5.84. The molecule has 30 heavy (non-hydrogen) atoms. The van der Waals surface area contributed by atoms with E-state index in [9.17, 15) is 19.2 Å². The Hall–Kier alpha value is -3.00. The largest absolute Gasteiger partial charge is 0.493 e. The number of nitrogens with zero attached hydrogens (tertiary/aromatic N) is 1. The van der Waals surface area contributed by atoms with Crippen molar-refractivity contribution in [2.45, 2.75) is 51.0 Å². The van der Waals surface area contributed by atoms with Crippen LogP contribution in [-0.4, -0.2) is 47.7 Å². The Balaban J connectivity index is 1.54. The Morgan fingerprint density at radius 2 is 1.87 bits per heavy atom. The van der Waals surface area contributed by atoms with Crippen molar-refractivity contribution in [3.63, 3.8) is 0 Å². The van der Waals surface area contributed by atoms with Crippen LogP contribution in [0.25, 0.3) is 0 Å². The van der Waals surface area contributed by atoms with E-state index in [0.717, 1.165) is 36.2 Å². The van der Waals surface area contributed by atoms with E-state index in [1.807, 2.05) is 6.08 Å². The molecule has 1 atom stereocenters. The molecule has 0 aromatic heterocycles. The second-order valence-corrected chi connectivity index (χ2v) is 7.85. The van der Waals surface area contributed by atoms with E-state index in [2.05, 4.69) is 5.32 Å². The minimum absolute atomic E-state index is 0.0941. The number of imide groups is 2. The lowest BCUT2D eigenvalue weighted by molar-refractivity contribution is -0.152. The van der Waals surface area contributed by atoms with Crippen LogP contribution in [0.15, 0.2) is 46.3 Å². The molecule has 1 fully saturated rings. The monoisotopic (exact) mass is 411 g/mol. The highest BCUT2D eigenvalue weighted by molar-refractivity contribution is 6.21. The number of hydrogen-bond acceptors (Lipinski definition) is 6. The Morgan fingerprint density at radius 3 is 2.63 bits per heavy atom. The first-order chi connectivity index (χ1) is 14.5. The summed E-state index contributed by atoms with van der Waals surface area (Å²) in [5.74, 6) is -1.36. The molecule has 158 valence electrons. The minimum Gasteiger partial charge on any atom is -0.493 e. The lowest BCUT2D eigenvalue weighted by Gasteiger charge is -2.38. The molecule has 8 nitrogen and oxygen atoms in total. The van der Waals surface area contributed by atoms with Crippen molar-refractivity contribution < 1.29 is 23.9 Å². The molecule has 4 rings (SSSR count). The van der Waals surface area contributed by atoms with Gasteiger partial charge in [0.1, 0.15) is 11.8 Å². The van der Waals surface area contributed by atoms with Gasteiger partial charge in [-0.15, -0.1) is 0 Å². The molecule has 0 saturated carbocycles. The van der Waals surface area contributed by atoms with Gasteiger partial charge < -0.3 is 10.5 Å². The molecule has 4 amide bonds. The van der Waals surface area contributed by atoms with Crippen molar-refractivity contribution in [1.82, 2.24) is 10.2 Å². The van der Waals surface area contributed by atoms with Crippen LogP contribution < -0.4 is 11.1 Å². The number of carbonyl (C=O) groups excluding carboxylic acids is 4.